The Kier molecular flexibility index (Phi) is 4.60. The number of H-pyrrole nitrogens is 1. The molecular weight excluding hydrogens is 344 g/mol. The molecule has 1 heterocycles. The number of fused-ring (bicyclic) bond motifs is 3. The van der Waals surface area contributed by atoms with E-state index in [1.165, 1.54) is 22.3 Å². The van der Waals surface area contributed by atoms with Crippen LogP contribution in [-0.4, -0.2) is 33.0 Å². The normalized spacial score (nSPS) is 13.7. The van der Waals surface area contributed by atoms with Gasteiger partial charge in [-0.2, -0.15) is 5.10 Å². The van der Waals surface area contributed by atoms with Gasteiger partial charge in [0, 0.05) is 5.92 Å². The van der Waals surface area contributed by atoms with Gasteiger partial charge >= 0.3 is 6.09 Å². The smallest absolute Gasteiger partial charge is 0.407 e. The first-order valence-corrected chi connectivity index (χ1v) is 8.81. The molecule has 2 aromatic carbocycles. The monoisotopic (exact) mass is 364 g/mol. The number of nitrogens with one attached hydrogen (secondary N) is 2. The van der Waals surface area contributed by atoms with Crippen molar-refractivity contribution in [1.82, 2.24) is 20.5 Å². The molecule has 4 rings (SSSR count). The van der Waals surface area contributed by atoms with Gasteiger partial charge in [0.15, 0.2) is 5.82 Å². The van der Waals surface area contributed by atoms with Gasteiger partial charge in [-0.15, -0.1) is 0 Å². The Hall–Kier alpha value is -3.19. The van der Waals surface area contributed by atoms with Crippen LogP contribution in [-0.2, 0) is 11.3 Å². The Morgan fingerprint density at radius 2 is 1.81 bits per heavy atom. The molecule has 0 saturated carbocycles. The third-order valence-corrected chi connectivity index (χ3v) is 4.76. The zero-order valence-corrected chi connectivity index (χ0v) is 14.8. The first-order valence-electron chi connectivity index (χ1n) is 8.81. The summed E-state index contributed by atoms with van der Waals surface area (Å²) in [5, 5.41) is 18.3. The fraction of sp³-hybridized carbons (Fsp3) is 0.250. The SMILES string of the molecule is C[C@H](NC(=O)OCC1c2ccccc2-c2ccccc21)c1n[nH]c(CO)n1. The van der Waals surface area contributed by atoms with Crippen molar-refractivity contribution in [3.63, 3.8) is 0 Å². The minimum atomic E-state index is -0.528. The molecule has 0 aliphatic heterocycles. The standard InChI is InChI=1S/C20H20N4O3/c1-12(19-22-18(10-25)23-24-19)21-20(26)27-11-17-15-8-4-2-6-13(15)14-7-3-5-9-16(14)17/h2-9,12,17,25H,10-11H2,1H3,(H,21,26)(H,22,23,24)/t12-/m0/s1. The third kappa shape index (κ3) is 3.29. The molecule has 0 spiro atoms. The van der Waals surface area contributed by atoms with Crippen LogP contribution in [0.15, 0.2) is 48.5 Å². The highest BCUT2D eigenvalue weighted by Crippen LogP contribution is 2.44. The van der Waals surface area contributed by atoms with Gasteiger partial charge in [0.05, 0.1) is 6.04 Å². The van der Waals surface area contributed by atoms with Crippen molar-refractivity contribution in [3.05, 3.63) is 71.3 Å². The lowest BCUT2D eigenvalue weighted by Crippen LogP contribution is -2.29. The summed E-state index contributed by atoms with van der Waals surface area (Å²) in [5.41, 5.74) is 4.71. The number of hydrogen-bond donors (Lipinski definition) is 3. The molecule has 7 nitrogen and oxygen atoms in total. The quantitative estimate of drug-likeness (QED) is 0.646. The Balaban J connectivity index is 1.43. The molecule has 1 atom stereocenters. The molecule has 1 amide bonds. The number of aromatic nitrogens is 3. The molecule has 3 N–H and O–H groups in total. The van der Waals surface area contributed by atoms with Crippen LogP contribution in [0, 0.1) is 0 Å². The van der Waals surface area contributed by atoms with E-state index in [2.05, 4.69) is 44.8 Å². The lowest BCUT2D eigenvalue weighted by molar-refractivity contribution is 0.139. The van der Waals surface area contributed by atoms with Gasteiger partial charge in [0.25, 0.3) is 0 Å². The van der Waals surface area contributed by atoms with E-state index in [-0.39, 0.29) is 19.1 Å². The molecule has 0 unspecified atom stereocenters. The van der Waals surface area contributed by atoms with Gasteiger partial charge in [-0.1, -0.05) is 48.5 Å². The number of aromatic amines is 1. The lowest BCUT2D eigenvalue weighted by Gasteiger charge is -2.16. The van der Waals surface area contributed by atoms with Crippen LogP contribution < -0.4 is 5.32 Å². The predicted molar refractivity (Wildman–Crippen MR) is 98.9 cm³/mol. The summed E-state index contributed by atoms with van der Waals surface area (Å²) in [6.07, 6.45) is -0.528. The number of rotatable bonds is 5. The van der Waals surface area contributed by atoms with E-state index in [4.69, 9.17) is 9.84 Å². The van der Waals surface area contributed by atoms with Gasteiger partial charge in [-0.05, 0) is 29.2 Å². The molecule has 0 fully saturated rings. The highest BCUT2D eigenvalue weighted by molar-refractivity contribution is 5.79. The van der Waals surface area contributed by atoms with Crippen molar-refractivity contribution in [2.45, 2.75) is 25.5 Å². The molecule has 1 aliphatic carbocycles. The van der Waals surface area contributed by atoms with Crippen molar-refractivity contribution in [2.24, 2.45) is 0 Å². The van der Waals surface area contributed by atoms with Crippen LogP contribution in [0.5, 0.6) is 0 Å². The zero-order valence-electron chi connectivity index (χ0n) is 14.8. The predicted octanol–water partition coefficient (Wildman–Crippen LogP) is 2.90. The second-order valence-corrected chi connectivity index (χ2v) is 6.49. The molecule has 7 heteroatoms. The first-order chi connectivity index (χ1) is 13.2. The van der Waals surface area contributed by atoms with E-state index in [9.17, 15) is 4.79 Å². The summed E-state index contributed by atoms with van der Waals surface area (Å²) in [6.45, 7) is 1.78. The number of nitrogens with zero attached hydrogens (tertiary/aromatic N) is 2. The Labute approximate surface area is 156 Å². The van der Waals surface area contributed by atoms with Crippen LogP contribution in [0.3, 0.4) is 0 Å². The second-order valence-electron chi connectivity index (χ2n) is 6.49. The van der Waals surface area contributed by atoms with Crippen molar-refractivity contribution >= 4 is 6.09 Å². The topological polar surface area (TPSA) is 100 Å². The maximum atomic E-state index is 12.2. The van der Waals surface area contributed by atoms with Crippen LogP contribution in [0.4, 0.5) is 4.79 Å². The van der Waals surface area contributed by atoms with Crippen LogP contribution in [0.1, 0.15) is 41.7 Å². The second kappa shape index (κ2) is 7.20. The summed E-state index contributed by atoms with van der Waals surface area (Å²) < 4.78 is 5.50. The number of aliphatic hydroxyl groups is 1. The molecule has 3 aromatic rings. The van der Waals surface area contributed by atoms with E-state index >= 15 is 0 Å². The number of alkyl carbamates (subject to hydrolysis) is 1. The van der Waals surface area contributed by atoms with Crippen LogP contribution >= 0.6 is 0 Å². The molecular formula is C20H20N4O3. The summed E-state index contributed by atoms with van der Waals surface area (Å²) in [5.74, 6) is 0.765. The van der Waals surface area contributed by atoms with E-state index < -0.39 is 12.1 Å². The van der Waals surface area contributed by atoms with E-state index in [0.717, 1.165) is 0 Å². The minimum absolute atomic E-state index is 0.0166. The molecule has 0 saturated heterocycles. The van der Waals surface area contributed by atoms with Crippen molar-refractivity contribution in [1.29, 1.82) is 0 Å². The highest BCUT2D eigenvalue weighted by Gasteiger charge is 2.29. The van der Waals surface area contributed by atoms with Gasteiger partial charge in [-0.3, -0.25) is 5.10 Å². The zero-order chi connectivity index (χ0) is 18.8. The minimum Gasteiger partial charge on any atom is -0.449 e. The van der Waals surface area contributed by atoms with Crippen molar-refractivity contribution < 1.29 is 14.6 Å². The molecule has 27 heavy (non-hydrogen) atoms. The van der Waals surface area contributed by atoms with Gasteiger partial charge in [-0.25, -0.2) is 9.78 Å². The number of benzene rings is 2. The summed E-state index contributed by atoms with van der Waals surface area (Å²) in [4.78, 5) is 16.3. The molecule has 1 aromatic heterocycles. The number of hydrogen-bond acceptors (Lipinski definition) is 5. The number of carbonyl (C=O) groups excluding carboxylic acids is 1. The largest absolute Gasteiger partial charge is 0.449 e. The summed E-state index contributed by atoms with van der Waals surface area (Å²) in [6, 6.07) is 16.0. The molecule has 1 aliphatic rings. The Morgan fingerprint density at radius 3 is 2.41 bits per heavy atom. The fourth-order valence-corrected chi connectivity index (χ4v) is 3.46. The highest BCUT2D eigenvalue weighted by atomic mass is 16.5. The number of ether oxygens (including phenoxy) is 1. The molecule has 0 bridgehead atoms. The van der Waals surface area contributed by atoms with Crippen LogP contribution in [0.25, 0.3) is 11.1 Å². The number of aliphatic hydroxyl groups excluding tert-OH is 1. The first kappa shape index (κ1) is 17.2. The van der Waals surface area contributed by atoms with Gasteiger partial charge < -0.3 is 15.2 Å². The summed E-state index contributed by atoms with van der Waals surface area (Å²) in [7, 11) is 0. The maximum absolute atomic E-state index is 12.2. The molecule has 0 radical (unpaired) electrons. The number of amides is 1. The Morgan fingerprint density at radius 1 is 1.19 bits per heavy atom. The lowest BCUT2D eigenvalue weighted by atomic mass is 9.98. The van der Waals surface area contributed by atoms with Crippen LogP contribution in [0.2, 0.25) is 0 Å². The number of carbonyl (C=O) groups is 1. The average Bonchev–Trinajstić information content (AvgIpc) is 3.29. The molecule has 138 valence electrons. The maximum Gasteiger partial charge on any atom is 0.407 e. The van der Waals surface area contributed by atoms with E-state index in [1.807, 2.05) is 24.3 Å². The van der Waals surface area contributed by atoms with Crippen molar-refractivity contribution in [3.8, 4) is 11.1 Å². The fourth-order valence-electron chi connectivity index (χ4n) is 3.46. The van der Waals surface area contributed by atoms with E-state index in [0.29, 0.717) is 11.6 Å². The van der Waals surface area contributed by atoms with Crippen molar-refractivity contribution in [2.75, 3.05) is 6.61 Å². The average molecular weight is 364 g/mol. The van der Waals surface area contributed by atoms with Gasteiger partial charge in [0.1, 0.15) is 19.0 Å². The Bertz CT molecular complexity index is 924. The van der Waals surface area contributed by atoms with Gasteiger partial charge in [0.2, 0.25) is 0 Å². The summed E-state index contributed by atoms with van der Waals surface area (Å²) >= 11 is 0. The third-order valence-electron chi connectivity index (χ3n) is 4.76. The van der Waals surface area contributed by atoms with E-state index in [1.54, 1.807) is 6.92 Å².